The van der Waals surface area contributed by atoms with E-state index in [1.807, 2.05) is 7.05 Å². The van der Waals surface area contributed by atoms with Crippen LogP contribution in [-0.2, 0) is 9.53 Å². The zero-order valence-corrected chi connectivity index (χ0v) is 7.96. The first-order chi connectivity index (χ1) is 5.61. The van der Waals surface area contributed by atoms with E-state index in [1.54, 1.807) is 0 Å². The minimum atomic E-state index is 0.0650. The van der Waals surface area contributed by atoms with Gasteiger partial charge >= 0.3 is 0 Å². The standard InChI is InChI=1S/C9H17NO2/c1-7(2)5-9(10-4)8(3)12-6-11/h6-7,9-10H,3,5H2,1-2,4H3. The Bertz CT molecular complexity index is 155. The summed E-state index contributed by atoms with van der Waals surface area (Å²) in [4.78, 5) is 10.0. The predicted molar refractivity (Wildman–Crippen MR) is 48.6 cm³/mol. The van der Waals surface area contributed by atoms with Crippen molar-refractivity contribution in [1.29, 1.82) is 0 Å². The molecule has 0 amide bonds. The first-order valence-corrected chi connectivity index (χ1v) is 4.08. The van der Waals surface area contributed by atoms with Crippen molar-refractivity contribution in [3.05, 3.63) is 12.3 Å². The van der Waals surface area contributed by atoms with Crippen LogP contribution in [-0.4, -0.2) is 19.6 Å². The van der Waals surface area contributed by atoms with Crippen molar-refractivity contribution in [3.63, 3.8) is 0 Å². The Hall–Kier alpha value is -0.830. The highest BCUT2D eigenvalue weighted by Crippen LogP contribution is 2.11. The molecular formula is C9H17NO2. The van der Waals surface area contributed by atoms with Crippen LogP contribution >= 0.6 is 0 Å². The summed E-state index contributed by atoms with van der Waals surface area (Å²) in [5.74, 6) is 1.04. The lowest BCUT2D eigenvalue weighted by atomic mass is 10.0. The van der Waals surface area contributed by atoms with E-state index >= 15 is 0 Å². The molecule has 1 N–H and O–H groups in total. The van der Waals surface area contributed by atoms with Crippen molar-refractivity contribution in [3.8, 4) is 0 Å². The molecule has 12 heavy (non-hydrogen) atoms. The summed E-state index contributed by atoms with van der Waals surface area (Å²) in [6.07, 6.45) is 0.920. The van der Waals surface area contributed by atoms with Crippen LogP contribution in [0, 0.1) is 5.92 Å². The summed E-state index contributed by atoms with van der Waals surface area (Å²) in [6.45, 7) is 8.28. The van der Waals surface area contributed by atoms with Crippen LogP contribution in [0.25, 0.3) is 0 Å². The Morgan fingerprint density at radius 2 is 2.25 bits per heavy atom. The summed E-state index contributed by atoms with van der Waals surface area (Å²) in [6, 6.07) is 0.0650. The average Bonchev–Trinajstić information content (AvgIpc) is 2.00. The summed E-state index contributed by atoms with van der Waals surface area (Å²) in [5.41, 5.74) is 0. The first-order valence-electron chi connectivity index (χ1n) is 4.08. The maximum Gasteiger partial charge on any atom is 0.298 e. The van der Waals surface area contributed by atoms with Gasteiger partial charge in [-0.1, -0.05) is 20.4 Å². The second-order valence-corrected chi connectivity index (χ2v) is 3.15. The van der Waals surface area contributed by atoms with Gasteiger partial charge in [0.2, 0.25) is 0 Å². The molecule has 0 fully saturated rings. The van der Waals surface area contributed by atoms with Crippen LogP contribution in [0.2, 0.25) is 0 Å². The molecule has 0 aliphatic rings. The highest BCUT2D eigenvalue weighted by atomic mass is 16.5. The van der Waals surface area contributed by atoms with Gasteiger partial charge in [0.25, 0.3) is 6.47 Å². The molecule has 0 spiro atoms. The van der Waals surface area contributed by atoms with Gasteiger partial charge in [0.15, 0.2) is 0 Å². The molecule has 0 aliphatic carbocycles. The van der Waals surface area contributed by atoms with Gasteiger partial charge in [0, 0.05) is 0 Å². The molecule has 0 radical (unpaired) electrons. The molecular weight excluding hydrogens is 154 g/mol. The number of hydrogen-bond donors (Lipinski definition) is 1. The van der Waals surface area contributed by atoms with Crippen LogP contribution in [0.5, 0.6) is 0 Å². The van der Waals surface area contributed by atoms with E-state index in [0.29, 0.717) is 18.1 Å². The maximum atomic E-state index is 10.0. The molecule has 1 atom stereocenters. The number of likely N-dealkylation sites (N-methyl/N-ethyl adjacent to an activating group) is 1. The Kier molecular flexibility index (Phi) is 5.37. The quantitative estimate of drug-likeness (QED) is 0.483. The lowest BCUT2D eigenvalue weighted by molar-refractivity contribution is -0.125. The van der Waals surface area contributed by atoms with Crippen molar-refractivity contribution in [2.24, 2.45) is 5.92 Å². The van der Waals surface area contributed by atoms with Gasteiger partial charge in [0.05, 0.1) is 6.04 Å². The fraction of sp³-hybridized carbons (Fsp3) is 0.667. The monoisotopic (exact) mass is 171 g/mol. The lowest BCUT2D eigenvalue weighted by Crippen LogP contribution is -2.29. The Balaban J connectivity index is 3.95. The molecule has 3 nitrogen and oxygen atoms in total. The van der Waals surface area contributed by atoms with Crippen molar-refractivity contribution >= 4 is 6.47 Å². The van der Waals surface area contributed by atoms with Crippen LogP contribution < -0.4 is 5.32 Å². The molecule has 0 aromatic carbocycles. The number of ether oxygens (including phenoxy) is 1. The van der Waals surface area contributed by atoms with Gasteiger partial charge in [-0.2, -0.15) is 0 Å². The van der Waals surface area contributed by atoms with E-state index in [9.17, 15) is 4.79 Å². The number of nitrogens with one attached hydrogen (secondary N) is 1. The van der Waals surface area contributed by atoms with E-state index < -0.39 is 0 Å². The number of rotatable bonds is 6. The number of hydrogen-bond acceptors (Lipinski definition) is 3. The topological polar surface area (TPSA) is 38.3 Å². The van der Waals surface area contributed by atoms with Crippen molar-refractivity contribution < 1.29 is 9.53 Å². The van der Waals surface area contributed by atoms with Crippen LogP contribution in [0.4, 0.5) is 0 Å². The van der Waals surface area contributed by atoms with E-state index in [4.69, 9.17) is 0 Å². The van der Waals surface area contributed by atoms with E-state index in [1.165, 1.54) is 0 Å². The Morgan fingerprint density at radius 1 is 1.67 bits per heavy atom. The average molecular weight is 171 g/mol. The van der Waals surface area contributed by atoms with E-state index in [-0.39, 0.29) is 6.04 Å². The summed E-state index contributed by atoms with van der Waals surface area (Å²) >= 11 is 0. The highest BCUT2D eigenvalue weighted by Gasteiger charge is 2.12. The largest absolute Gasteiger partial charge is 0.432 e. The molecule has 0 aromatic heterocycles. The van der Waals surface area contributed by atoms with E-state index in [0.717, 1.165) is 6.42 Å². The highest BCUT2D eigenvalue weighted by molar-refractivity contribution is 5.40. The summed E-state index contributed by atoms with van der Waals surface area (Å²) < 4.78 is 4.66. The predicted octanol–water partition coefficient (Wildman–Crippen LogP) is 1.31. The molecule has 0 heterocycles. The molecule has 0 saturated carbocycles. The van der Waals surface area contributed by atoms with Gasteiger partial charge in [-0.25, -0.2) is 0 Å². The van der Waals surface area contributed by atoms with Gasteiger partial charge in [-0.3, -0.25) is 4.79 Å². The molecule has 0 aromatic rings. The lowest BCUT2D eigenvalue weighted by Gasteiger charge is -2.18. The van der Waals surface area contributed by atoms with Crippen LogP contribution in [0.15, 0.2) is 12.3 Å². The molecule has 0 bridgehead atoms. The molecule has 0 rings (SSSR count). The van der Waals surface area contributed by atoms with Gasteiger partial charge in [0.1, 0.15) is 5.76 Å². The summed E-state index contributed by atoms with van der Waals surface area (Å²) in [7, 11) is 1.83. The third-order valence-corrected chi connectivity index (χ3v) is 1.64. The van der Waals surface area contributed by atoms with Gasteiger partial charge in [-0.05, 0) is 19.4 Å². The van der Waals surface area contributed by atoms with Gasteiger partial charge in [-0.15, -0.1) is 0 Å². The normalized spacial score (nSPS) is 12.7. The van der Waals surface area contributed by atoms with Crippen molar-refractivity contribution in [2.75, 3.05) is 7.05 Å². The summed E-state index contributed by atoms with van der Waals surface area (Å²) in [5, 5.41) is 3.03. The van der Waals surface area contributed by atoms with Crippen molar-refractivity contribution in [2.45, 2.75) is 26.3 Å². The molecule has 3 heteroatoms. The fourth-order valence-electron chi connectivity index (χ4n) is 1.03. The second-order valence-electron chi connectivity index (χ2n) is 3.15. The molecule has 1 unspecified atom stereocenters. The van der Waals surface area contributed by atoms with E-state index in [2.05, 4.69) is 30.5 Å². The number of carbonyl (C=O) groups excluding carboxylic acids is 1. The minimum absolute atomic E-state index is 0.0650. The van der Waals surface area contributed by atoms with Gasteiger partial charge < -0.3 is 10.1 Å². The second kappa shape index (κ2) is 5.77. The Morgan fingerprint density at radius 3 is 2.58 bits per heavy atom. The minimum Gasteiger partial charge on any atom is -0.432 e. The SMILES string of the molecule is C=C(OC=O)C(CC(C)C)NC. The smallest absolute Gasteiger partial charge is 0.298 e. The molecule has 0 aliphatic heterocycles. The fourth-order valence-corrected chi connectivity index (χ4v) is 1.03. The van der Waals surface area contributed by atoms with Crippen LogP contribution in [0.3, 0.4) is 0 Å². The zero-order valence-electron chi connectivity index (χ0n) is 7.96. The maximum absolute atomic E-state index is 10.0. The number of carbonyl (C=O) groups is 1. The molecule has 0 saturated heterocycles. The first kappa shape index (κ1) is 11.2. The third kappa shape index (κ3) is 4.13. The Labute approximate surface area is 73.8 Å². The van der Waals surface area contributed by atoms with Crippen LogP contribution in [0.1, 0.15) is 20.3 Å². The zero-order chi connectivity index (χ0) is 9.56. The van der Waals surface area contributed by atoms with Crippen molar-refractivity contribution in [1.82, 2.24) is 5.32 Å². The molecule has 70 valence electrons. The third-order valence-electron chi connectivity index (χ3n) is 1.64.